The molecule has 0 spiro atoms. The average Bonchev–Trinajstić information content (AvgIpc) is 2.70. The highest BCUT2D eigenvalue weighted by Crippen LogP contribution is 2.39. The van der Waals surface area contributed by atoms with Crippen molar-refractivity contribution in [2.45, 2.75) is 53.1 Å². The summed E-state index contributed by atoms with van der Waals surface area (Å²) >= 11 is 1.55. The molecule has 0 saturated heterocycles. The largest absolute Gasteiger partial charge is 0.370 e. The van der Waals surface area contributed by atoms with Gasteiger partial charge in [0.2, 0.25) is 0 Å². The van der Waals surface area contributed by atoms with Crippen LogP contribution in [0.15, 0.2) is 12.1 Å². The van der Waals surface area contributed by atoms with Gasteiger partial charge in [-0.25, -0.2) is 0 Å². The molecule has 1 aliphatic carbocycles. The molecular formula is C16H24O2S. The van der Waals surface area contributed by atoms with Crippen molar-refractivity contribution in [2.24, 2.45) is 11.3 Å². The lowest BCUT2D eigenvalue weighted by Crippen LogP contribution is -2.33. The molecule has 2 atom stereocenters. The van der Waals surface area contributed by atoms with E-state index in [-0.39, 0.29) is 18.5 Å². The Labute approximate surface area is 120 Å². The first-order valence-corrected chi connectivity index (χ1v) is 7.88. The number of ketones is 1. The van der Waals surface area contributed by atoms with E-state index in [4.69, 9.17) is 4.74 Å². The van der Waals surface area contributed by atoms with Crippen LogP contribution in [-0.2, 0) is 4.74 Å². The fourth-order valence-corrected chi connectivity index (χ4v) is 4.03. The number of ether oxygens (including phenoxy) is 1. The van der Waals surface area contributed by atoms with Gasteiger partial charge in [0.25, 0.3) is 0 Å². The van der Waals surface area contributed by atoms with Crippen molar-refractivity contribution in [3.05, 3.63) is 21.9 Å². The van der Waals surface area contributed by atoms with Gasteiger partial charge in [0.05, 0.1) is 11.0 Å². The number of hydrogen-bond acceptors (Lipinski definition) is 3. The van der Waals surface area contributed by atoms with E-state index >= 15 is 0 Å². The van der Waals surface area contributed by atoms with Gasteiger partial charge in [-0.3, -0.25) is 4.79 Å². The minimum atomic E-state index is 0.120. The minimum absolute atomic E-state index is 0.120. The SMILES string of the molecule is Cc1ccc(C(=O)COC2CC(C)CC(C)(C)C2)s1. The summed E-state index contributed by atoms with van der Waals surface area (Å²) in [6.07, 6.45) is 3.64. The Balaban J connectivity index is 1.86. The molecule has 0 aromatic carbocycles. The van der Waals surface area contributed by atoms with E-state index < -0.39 is 0 Å². The standard InChI is InChI=1S/C16H24O2S/c1-11-7-13(9-16(3,4)8-11)18-10-14(17)15-6-5-12(2)19-15/h5-6,11,13H,7-10H2,1-4H3. The summed E-state index contributed by atoms with van der Waals surface area (Å²) in [7, 11) is 0. The number of hydrogen-bond donors (Lipinski definition) is 0. The molecule has 0 N–H and O–H groups in total. The Morgan fingerprint density at radius 2 is 2.16 bits per heavy atom. The van der Waals surface area contributed by atoms with E-state index in [0.29, 0.717) is 11.3 Å². The third kappa shape index (κ3) is 4.15. The minimum Gasteiger partial charge on any atom is -0.370 e. The fourth-order valence-electron chi connectivity index (χ4n) is 3.23. The second kappa shape index (κ2) is 5.76. The molecule has 2 rings (SSSR count). The van der Waals surface area contributed by atoms with Crippen LogP contribution in [0.1, 0.15) is 54.6 Å². The summed E-state index contributed by atoms with van der Waals surface area (Å²) in [6.45, 7) is 9.12. The second-order valence-corrected chi connectivity index (χ2v) is 7.97. The summed E-state index contributed by atoms with van der Waals surface area (Å²) in [5.41, 5.74) is 0.338. The molecule has 1 aromatic rings. The van der Waals surface area contributed by atoms with Crippen LogP contribution in [0.5, 0.6) is 0 Å². The first-order valence-electron chi connectivity index (χ1n) is 7.07. The molecule has 2 nitrogen and oxygen atoms in total. The zero-order valence-electron chi connectivity index (χ0n) is 12.4. The van der Waals surface area contributed by atoms with Crippen molar-refractivity contribution in [3.63, 3.8) is 0 Å². The Kier molecular flexibility index (Phi) is 4.46. The molecule has 3 heteroatoms. The van der Waals surface area contributed by atoms with Gasteiger partial charge < -0.3 is 4.74 Å². The van der Waals surface area contributed by atoms with Crippen LogP contribution in [0.3, 0.4) is 0 Å². The predicted octanol–water partition coefficient (Wildman–Crippen LogP) is 4.47. The quantitative estimate of drug-likeness (QED) is 0.761. The van der Waals surface area contributed by atoms with Crippen LogP contribution in [0.25, 0.3) is 0 Å². The molecule has 19 heavy (non-hydrogen) atoms. The summed E-state index contributed by atoms with van der Waals surface area (Å²) in [4.78, 5) is 14.0. The molecule has 1 aliphatic rings. The van der Waals surface area contributed by atoms with Gasteiger partial charge in [0, 0.05) is 4.88 Å². The van der Waals surface area contributed by atoms with E-state index in [9.17, 15) is 4.79 Å². The van der Waals surface area contributed by atoms with Crippen LogP contribution in [0.2, 0.25) is 0 Å². The Bertz CT molecular complexity index is 447. The molecular weight excluding hydrogens is 256 g/mol. The third-order valence-electron chi connectivity index (χ3n) is 3.81. The van der Waals surface area contributed by atoms with Crippen molar-refractivity contribution in [1.82, 2.24) is 0 Å². The fraction of sp³-hybridized carbons (Fsp3) is 0.688. The highest BCUT2D eigenvalue weighted by Gasteiger charge is 2.32. The number of carbonyl (C=O) groups excluding carboxylic acids is 1. The van der Waals surface area contributed by atoms with Crippen LogP contribution < -0.4 is 0 Å². The molecule has 1 fully saturated rings. The summed E-state index contributed by atoms with van der Waals surface area (Å²) in [5.74, 6) is 0.807. The maximum Gasteiger partial charge on any atom is 0.198 e. The van der Waals surface area contributed by atoms with Crippen molar-refractivity contribution in [3.8, 4) is 0 Å². The van der Waals surface area contributed by atoms with E-state index in [0.717, 1.165) is 17.7 Å². The third-order valence-corrected chi connectivity index (χ3v) is 4.85. The molecule has 106 valence electrons. The molecule has 0 amide bonds. The number of aryl methyl sites for hydroxylation is 1. The predicted molar refractivity (Wildman–Crippen MR) is 79.9 cm³/mol. The molecule has 0 radical (unpaired) electrons. The Hall–Kier alpha value is -0.670. The van der Waals surface area contributed by atoms with Crippen molar-refractivity contribution in [1.29, 1.82) is 0 Å². The zero-order valence-corrected chi connectivity index (χ0v) is 13.2. The normalized spacial score (nSPS) is 26.3. The number of carbonyl (C=O) groups is 1. The molecule has 1 heterocycles. The highest BCUT2D eigenvalue weighted by atomic mass is 32.1. The molecule has 1 saturated carbocycles. The molecule has 0 bridgehead atoms. The van der Waals surface area contributed by atoms with Crippen LogP contribution >= 0.6 is 11.3 Å². The monoisotopic (exact) mass is 280 g/mol. The second-order valence-electron chi connectivity index (χ2n) is 6.68. The van der Waals surface area contributed by atoms with Gasteiger partial charge in [0.1, 0.15) is 6.61 Å². The topological polar surface area (TPSA) is 26.3 Å². The van der Waals surface area contributed by atoms with E-state index in [1.54, 1.807) is 11.3 Å². The Morgan fingerprint density at radius 1 is 1.42 bits per heavy atom. The smallest absolute Gasteiger partial charge is 0.198 e. The van der Waals surface area contributed by atoms with Gasteiger partial charge >= 0.3 is 0 Å². The van der Waals surface area contributed by atoms with E-state index in [2.05, 4.69) is 20.8 Å². The van der Waals surface area contributed by atoms with E-state index in [1.165, 1.54) is 11.3 Å². The molecule has 1 aromatic heterocycles. The van der Waals surface area contributed by atoms with E-state index in [1.807, 2.05) is 19.1 Å². The Morgan fingerprint density at radius 3 is 2.74 bits per heavy atom. The van der Waals surface area contributed by atoms with Crippen molar-refractivity contribution in [2.75, 3.05) is 6.61 Å². The summed E-state index contributed by atoms with van der Waals surface area (Å²) < 4.78 is 5.87. The van der Waals surface area contributed by atoms with Gasteiger partial charge in [0.15, 0.2) is 5.78 Å². The lowest BCUT2D eigenvalue weighted by Gasteiger charge is -2.38. The maximum absolute atomic E-state index is 12.0. The zero-order chi connectivity index (χ0) is 14.0. The number of Topliss-reactive ketones (excluding diaryl/α,β-unsaturated/α-hetero) is 1. The van der Waals surface area contributed by atoms with Gasteiger partial charge in [-0.05, 0) is 49.7 Å². The highest BCUT2D eigenvalue weighted by molar-refractivity contribution is 7.14. The first kappa shape index (κ1) is 14.7. The van der Waals surface area contributed by atoms with Crippen molar-refractivity contribution < 1.29 is 9.53 Å². The average molecular weight is 280 g/mol. The van der Waals surface area contributed by atoms with Crippen LogP contribution in [0.4, 0.5) is 0 Å². The van der Waals surface area contributed by atoms with Gasteiger partial charge in [-0.15, -0.1) is 11.3 Å². The van der Waals surface area contributed by atoms with Crippen molar-refractivity contribution >= 4 is 17.1 Å². The number of thiophene rings is 1. The summed E-state index contributed by atoms with van der Waals surface area (Å²) in [5, 5.41) is 0. The lowest BCUT2D eigenvalue weighted by molar-refractivity contribution is -0.0166. The van der Waals surface area contributed by atoms with Gasteiger partial charge in [-0.1, -0.05) is 20.8 Å². The molecule has 2 unspecified atom stereocenters. The molecule has 0 aliphatic heterocycles. The summed E-state index contributed by atoms with van der Waals surface area (Å²) in [6, 6.07) is 3.89. The van der Waals surface area contributed by atoms with Crippen LogP contribution in [-0.4, -0.2) is 18.5 Å². The van der Waals surface area contributed by atoms with Crippen LogP contribution in [0, 0.1) is 18.3 Å². The first-order chi connectivity index (χ1) is 8.85. The lowest BCUT2D eigenvalue weighted by atomic mass is 9.71. The van der Waals surface area contributed by atoms with Gasteiger partial charge in [-0.2, -0.15) is 0 Å². The number of rotatable bonds is 4. The maximum atomic E-state index is 12.0.